The fourth-order valence-electron chi connectivity index (χ4n) is 5.33. The molecule has 0 unspecified atom stereocenters. The highest BCUT2D eigenvalue weighted by Crippen LogP contribution is 2.37. The largest absolute Gasteiger partial charge is 0.405 e. The first-order valence-electron chi connectivity index (χ1n) is 13.1. The van der Waals surface area contributed by atoms with Gasteiger partial charge in [-0.15, -0.1) is 5.06 Å². The van der Waals surface area contributed by atoms with Crippen molar-refractivity contribution in [3.05, 3.63) is 96.6 Å². The second-order valence-electron chi connectivity index (χ2n) is 11.0. The maximum Gasteiger partial charge on any atom is 0.326 e. The van der Waals surface area contributed by atoms with Crippen molar-refractivity contribution < 1.29 is 26.7 Å². The standard InChI is InChI=1S/C30H37NO6SSi/c1-30(2,3)39(27-16-10-6-11-17-27,28-18-12-7-13-19-28)35-23-26(37-38(4,33)34)20-25-21-29(32)36-31(25)22-24-14-8-5-9-15-24/h5-19,25-26H,20-23H2,1-4H3/t25-,26+/m1/s1. The van der Waals surface area contributed by atoms with Crippen molar-refractivity contribution in [1.82, 2.24) is 5.06 Å². The van der Waals surface area contributed by atoms with Crippen LogP contribution in [0.3, 0.4) is 0 Å². The zero-order valence-electron chi connectivity index (χ0n) is 22.9. The number of hydrogen-bond acceptors (Lipinski definition) is 7. The normalized spacial score (nSPS) is 17.6. The Morgan fingerprint density at radius 1 is 0.923 bits per heavy atom. The predicted octanol–water partition coefficient (Wildman–Crippen LogP) is 4.03. The highest BCUT2D eigenvalue weighted by Gasteiger charge is 2.50. The van der Waals surface area contributed by atoms with Crippen LogP contribution in [-0.4, -0.2) is 52.8 Å². The van der Waals surface area contributed by atoms with Gasteiger partial charge in [-0.3, -0.25) is 8.98 Å². The van der Waals surface area contributed by atoms with Gasteiger partial charge in [0.1, 0.15) is 6.10 Å². The van der Waals surface area contributed by atoms with Crippen molar-refractivity contribution in [3.63, 3.8) is 0 Å². The first-order valence-corrected chi connectivity index (χ1v) is 16.8. The van der Waals surface area contributed by atoms with E-state index in [1.807, 2.05) is 66.7 Å². The molecule has 0 bridgehead atoms. The molecule has 1 aliphatic heterocycles. The smallest absolute Gasteiger partial charge is 0.326 e. The molecule has 3 aromatic carbocycles. The minimum absolute atomic E-state index is 0.0459. The van der Waals surface area contributed by atoms with E-state index >= 15 is 0 Å². The summed E-state index contributed by atoms with van der Waals surface area (Å²) in [6, 6.07) is 29.6. The molecule has 4 rings (SSSR count). The van der Waals surface area contributed by atoms with Gasteiger partial charge in [0.05, 0.1) is 31.9 Å². The second-order valence-corrected chi connectivity index (χ2v) is 16.9. The Labute approximate surface area is 232 Å². The van der Waals surface area contributed by atoms with E-state index in [4.69, 9.17) is 13.4 Å². The van der Waals surface area contributed by atoms with Gasteiger partial charge in [-0.2, -0.15) is 8.42 Å². The molecule has 0 radical (unpaired) electrons. The average Bonchev–Trinajstić information content (AvgIpc) is 3.22. The van der Waals surface area contributed by atoms with Crippen LogP contribution in [0.15, 0.2) is 91.0 Å². The van der Waals surface area contributed by atoms with Gasteiger partial charge in [0.25, 0.3) is 18.4 Å². The maximum atomic E-state index is 12.3. The third kappa shape index (κ3) is 7.23. The zero-order chi connectivity index (χ0) is 28.1. The van der Waals surface area contributed by atoms with Crippen LogP contribution in [0, 0.1) is 0 Å². The molecule has 1 aliphatic rings. The van der Waals surface area contributed by atoms with Crippen LogP contribution in [0.4, 0.5) is 0 Å². The minimum atomic E-state index is -3.80. The minimum Gasteiger partial charge on any atom is -0.405 e. The monoisotopic (exact) mass is 567 g/mol. The Hall–Kier alpha value is -2.82. The quantitative estimate of drug-likeness (QED) is 0.256. The SMILES string of the molecule is CC(C)(C)[Si](OC[C@H](C[C@@H]1CC(=O)ON1Cc1ccccc1)OS(C)(=O)=O)(c1ccccc1)c1ccccc1. The van der Waals surface area contributed by atoms with Crippen LogP contribution in [0.2, 0.25) is 5.04 Å². The molecular formula is C30H37NO6SSi. The summed E-state index contributed by atoms with van der Waals surface area (Å²) in [5.74, 6) is -0.345. The van der Waals surface area contributed by atoms with Crippen LogP contribution < -0.4 is 10.4 Å². The molecule has 0 N–H and O–H groups in total. The molecule has 7 nitrogen and oxygen atoms in total. The van der Waals surface area contributed by atoms with E-state index in [-0.39, 0.29) is 36.5 Å². The van der Waals surface area contributed by atoms with Gasteiger partial charge >= 0.3 is 5.97 Å². The highest BCUT2D eigenvalue weighted by molar-refractivity contribution is 7.86. The van der Waals surface area contributed by atoms with Gasteiger partial charge in [0.15, 0.2) is 0 Å². The molecule has 1 heterocycles. The molecule has 0 amide bonds. The van der Waals surface area contributed by atoms with Crippen LogP contribution in [0.5, 0.6) is 0 Å². The van der Waals surface area contributed by atoms with Crippen LogP contribution in [0.25, 0.3) is 0 Å². The summed E-state index contributed by atoms with van der Waals surface area (Å²) in [6.07, 6.45) is 0.639. The van der Waals surface area contributed by atoms with E-state index in [1.165, 1.54) is 0 Å². The molecule has 1 saturated heterocycles. The molecule has 1 fully saturated rings. The number of carbonyl (C=O) groups is 1. The van der Waals surface area contributed by atoms with E-state index < -0.39 is 24.5 Å². The van der Waals surface area contributed by atoms with Gasteiger partial charge in [-0.25, -0.2) is 0 Å². The summed E-state index contributed by atoms with van der Waals surface area (Å²) < 4.78 is 37.2. The van der Waals surface area contributed by atoms with Gasteiger partial charge < -0.3 is 9.26 Å². The molecule has 3 aromatic rings. The Morgan fingerprint density at radius 2 is 1.44 bits per heavy atom. The molecule has 9 heteroatoms. The number of benzene rings is 3. The lowest BCUT2D eigenvalue weighted by Crippen LogP contribution is -2.67. The first-order chi connectivity index (χ1) is 18.5. The topological polar surface area (TPSA) is 82.1 Å². The van der Waals surface area contributed by atoms with E-state index in [0.717, 1.165) is 22.2 Å². The number of carbonyl (C=O) groups excluding carboxylic acids is 1. The van der Waals surface area contributed by atoms with E-state index in [1.54, 1.807) is 5.06 Å². The third-order valence-electron chi connectivity index (χ3n) is 6.96. The predicted molar refractivity (Wildman–Crippen MR) is 154 cm³/mol. The summed E-state index contributed by atoms with van der Waals surface area (Å²) in [5.41, 5.74) is 0.987. The average molecular weight is 568 g/mol. The fourth-order valence-corrected chi connectivity index (χ4v) is 10.5. The molecular weight excluding hydrogens is 530 g/mol. The highest BCUT2D eigenvalue weighted by atomic mass is 32.2. The summed E-state index contributed by atoms with van der Waals surface area (Å²) in [5, 5.41) is 3.52. The summed E-state index contributed by atoms with van der Waals surface area (Å²) in [6.45, 7) is 6.94. The van der Waals surface area contributed by atoms with Crippen LogP contribution in [0.1, 0.15) is 39.2 Å². The van der Waals surface area contributed by atoms with Gasteiger partial charge in [-0.1, -0.05) is 112 Å². The molecule has 39 heavy (non-hydrogen) atoms. The van der Waals surface area contributed by atoms with Crippen molar-refractivity contribution in [2.24, 2.45) is 0 Å². The van der Waals surface area contributed by atoms with Gasteiger partial charge in [0, 0.05) is 0 Å². The number of nitrogens with zero attached hydrogens (tertiary/aromatic N) is 1. The fraction of sp³-hybridized carbons (Fsp3) is 0.367. The van der Waals surface area contributed by atoms with Gasteiger partial charge in [-0.05, 0) is 27.4 Å². The number of hydroxylamine groups is 2. The lowest BCUT2D eigenvalue weighted by atomic mass is 10.1. The third-order valence-corrected chi connectivity index (χ3v) is 12.6. The van der Waals surface area contributed by atoms with E-state index in [0.29, 0.717) is 6.54 Å². The number of hydrogen-bond donors (Lipinski definition) is 0. The van der Waals surface area contributed by atoms with Crippen molar-refractivity contribution in [2.75, 3.05) is 12.9 Å². The maximum absolute atomic E-state index is 12.3. The Balaban J connectivity index is 1.65. The number of rotatable bonds is 11. The molecule has 0 aliphatic carbocycles. The Kier molecular flexibility index (Phi) is 9.08. The van der Waals surface area contributed by atoms with Crippen molar-refractivity contribution >= 4 is 34.8 Å². The summed E-state index contributed by atoms with van der Waals surface area (Å²) >= 11 is 0. The van der Waals surface area contributed by atoms with Crippen LogP contribution >= 0.6 is 0 Å². The molecule has 0 saturated carbocycles. The van der Waals surface area contributed by atoms with E-state index in [2.05, 4.69) is 45.0 Å². The second kappa shape index (κ2) is 12.1. The lowest BCUT2D eigenvalue weighted by Gasteiger charge is -2.43. The van der Waals surface area contributed by atoms with Crippen LogP contribution in [-0.2, 0) is 34.9 Å². The molecule has 2 atom stereocenters. The van der Waals surface area contributed by atoms with Gasteiger partial charge in [0.2, 0.25) is 0 Å². The molecule has 208 valence electrons. The Morgan fingerprint density at radius 3 is 1.92 bits per heavy atom. The van der Waals surface area contributed by atoms with Crippen molar-refractivity contribution in [1.29, 1.82) is 0 Å². The Bertz CT molecular complexity index is 1290. The summed E-state index contributed by atoms with van der Waals surface area (Å²) in [7, 11) is -6.72. The van der Waals surface area contributed by atoms with E-state index in [9.17, 15) is 13.2 Å². The van der Waals surface area contributed by atoms with Crippen molar-refractivity contribution in [3.8, 4) is 0 Å². The van der Waals surface area contributed by atoms with Crippen molar-refractivity contribution in [2.45, 2.75) is 57.3 Å². The lowest BCUT2D eigenvalue weighted by molar-refractivity contribution is -0.179. The molecule has 0 spiro atoms. The molecule has 0 aromatic heterocycles. The first kappa shape index (κ1) is 29.2. The zero-order valence-corrected chi connectivity index (χ0v) is 24.8. The summed E-state index contributed by atoms with van der Waals surface area (Å²) in [4.78, 5) is 17.8.